The number of carbonyl (C=O) groups excluding carboxylic acids is 1. The number of hydrogen-bond acceptors (Lipinski definition) is 3. The van der Waals surface area contributed by atoms with Crippen LogP contribution in [-0.4, -0.2) is 44.5 Å². The minimum absolute atomic E-state index is 0.115. The Balaban J connectivity index is 1.80. The summed E-state index contributed by atoms with van der Waals surface area (Å²) in [5, 5.41) is 2.83. The number of benzene rings is 1. The van der Waals surface area contributed by atoms with E-state index in [0.717, 1.165) is 5.56 Å². The topological polar surface area (TPSA) is 66.5 Å². The monoisotopic (exact) mass is 328 g/mol. The van der Waals surface area contributed by atoms with Crippen LogP contribution in [0.25, 0.3) is 0 Å². The number of piperidine rings is 1. The number of carbonyl (C=O) groups is 1. The Labute approximate surface area is 130 Å². The quantitative estimate of drug-likeness (QED) is 0.882. The zero-order valence-electron chi connectivity index (χ0n) is 12.6. The van der Waals surface area contributed by atoms with Gasteiger partial charge in [0.2, 0.25) is 15.9 Å². The smallest absolute Gasteiger partial charge is 0.224 e. The first-order chi connectivity index (χ1) is 10.4. The van der Waals surface area contributed by atoms with E-state index in [-0.39, 0.29) is 24.2 Å². The number of rotatable bonds is 5. The second-order valence-corrected chi connectivity index (χ2v) is 7.61. The van der Waals surface area contributed by atoms with E-state index < -0.39 is 10.0 Å². The van der Waals surface area contributed by atoms with Crippen molar-refractivity contribution in [3.8, 4) is 0 Å². The van der Waals surface area contributed by atoms with E-state index in [2.05, 4.69) is 5.32 Å². The fourth-order valence-corrected chi connectivity index (χ4v) is 3.49. The number of nitrogens with one attached hydrogen (secondary N) is 1. The normalized spacial score (nSPS) is 19.8. The molecule has 0 spiro atoms. The van der Waals surface area contributed by atoms with Crippen molar-refractivity contribution in [2.24, 2.45) is 5.92 Å². The van der Waals surface area contributed by atoms with Gasteiger partial charge >= 0.3 is 0 Å². The third-order valence-electron chi connectivity index (χ3n) is 3.85. The molecule has 1 N–H and O–H groups in total. The van der Waals surface area contributed by atoms with Crippen LogP contribution >= 0.6 is 0 Å². The standard InChI is InChI=1S/C15H21FN2O3S/c1-22(20,21)18-10-2-3-13(11-18)15(19)17-9-8-12-4-6-14(16)7-5-12/h4-7,13H,2-3,8-11H2,1H3,(H,17,19)/t13-/m1/s1. The summed E-state index contributed by atoms with van der Waals surface area (Å²) in [5.41, 5.74) is 0.947. The lowest BCUT2D eigenvalue weighted by Crippen LogP contribution is -2.45. The first-order valence-electron chi connectivity index (χ1n) is 7.33. The lowest BCUT2D eigenvalue weighted by atomic mass is 9.99. The summed E-state index contributed by atoms with van der Waals surface area (Å²) >= 11 is 0. The summed E-state index contributed by atoms with van der Waals surface area (Å²) in [6, 6.07) is 6.16. The number of nitrogens with zero attached hydrogens (tertiary/aromatic N) is 1. The Morgan fingerprint density at radius 2 is 2.05 bits per heavy atom. The molecule has 1 heterocycles. The van der Waals surface area contributed by atoms with Crippen molar-refractivity contribution in [2.75, 3.05) is 25.9 Å². The molecule has 0 radical (unpaired) electrons. The zero-order valence-corrected chi connectivity index (χ0v) is 13.4. The Morgan fingerprint density at radius 3 is 2.68 bits per heavy atom. The van der Waals surface area contributed by atoms with E-state index in [1.165, 1.54) is 22.7 Å². The van der Waals surface area contributed by atoms with Crippen molar-refractivity contribution in [3.63, 3.8) is 0 Å². The second-order valence-electron chi connectivity index (χ2n) is 5.63. The van der Waals surface area contributed by atoms with Gasteiger partial charge in [-0.05, 0) is 37.0 Å². The molecular formula is C15H21FN2O3S. The van der Waals surface area contributed by atoms with Gasteiger partial charge in [0.05, 0.1) is 12.2 Å². The van der Waals surface area contributed by atoms with Crippen molar-refractivity contribution in [1.29, 1.82) is 0 Å². The van der Waals surface area contributed by atoms with Crippen molar-refractivity contribution >= 4 is 15.9 Å². The van der Waals surface area contributed by atoms with Gasteiger partial charge < -0.3 is 5.32 Å². The van der Waals surface area contributed by atoms with E-state index in [4.69, 9.17) is 0 Å². The van der Waals surface area contributed by atoms with Crippen LogP contribution in [0.5, 0.6) is 0 Å². The van der Waals surface area contributed by atoms with Crippen molar-refractivity contribution in [2.45, 2.75) is 19.3 Å². The molecule has 0 bridgehead atoms. The van der Waals surface area contributed by atoms with Crippen LogP contribution in [0.4, 0.5) is 4.39 Å². The van der Waals surface area contributed by atoms with E-state index in [1.54, 1.807) is 12.1 Å². The average molecular weight is 328 g/mol. The molecule has 22 heavy (non-hydrogen) atoms. The molecule has 0 unspecified atom stereocenters. The predicted molar refractivity (Wildman–Crippen MR) is 82.3 cm³/mol. The van der Waals surface area contributed by atoms with Crippen LogP contribution in [0.15, 0.2) is 24.3 Å². The molecule has 1 saturated heterocycles. The van der Waals surface area contributed by atoms with Crippen LogP contribution in [0, 0.1) is 11.7 Å². The first-order valence-corrected chi connectivity index (χ1v) is 9.18. The second kappa shape index (κ2) is 7.19. The van der Waals surface area contributed by atoms with E-state index in [9.17, 15) is 17.6 Å². The summed E-state index contributed by atoms with van der Waals surface area (Å²) in [6.07, 6.45) is 3.19. The van der Waals surface area contributed by atoms with Gasteiger partial charge in [-0.1, -0.05) is 12.1 Å². The highest BCUT2D eigenvalue weighted by atomic mass is 32.2. The molecule has 7 heteroatoms. The summed E-state index contributed by atoms with van der Waals surface area (Å²) < 4.78 is 37.2. The highest BCUT2D eigenvalue weighted by Crippen LogP contribution is 2.18. The van der Waals surface area contributed by atoms with E-state index in [0.29, 0.717) is 32.4 Å². The molecule has 122 valence electrons. The van der Waals surface area contributed by atoms with Crippen LogP contribution in [-0.2, 0) is 21.2 Å². The van der Waals surface area contributed by atoms with Crippen molar-refractivity contribution in [1.82, 2.24) is 9.62 Å². The Hall–Kier alpha value is -1.47. The lowest BCUT2D eigenvalue weighted by Gasteiger charge is -2.30. The molecule has 5 nitrogen and oxygen atoms in total. The fourth-order valence-electron chi connectivity index (χ4n) is 2.58. The number of hydrogen-bond donors (Lipinski definition) is 1. The molecule has 0 saturated carbocycles. The lowest BCUT2D eigenvalue weighted by molar-refractivity contribution is -0.126. The molecule has 0 aromatic heterocycles. The average Bonchev–Trinajstić information content (AvgIpc) is 2.48. The SMILES string of the molecule is CS(=O)(=O)N1CCC[C@@H](C(=O)NCCc2ccc(F)cc2)C1. The van der Waals surface area contributed by atoms with Gasteiger partial charge in [-0.15, -0.1) is 0 Å². The van der Waals surface area contributed by atoms with E-state index in [1.807, 2.05) is 0 Å². The predicted octanol–water partition coefficient (Wildman–Crippen LogP) is 1.16. The molecular weight excluding hydrogens is 307 g/mol. The van der Waals surface area contributed by atoms with Crippen LogP contribution in [0.2, 0.25) is 0 Å². The highest BCUT2D eigenvalue weighted by molar-refractivity contribution is 7.88. The molecule has 1 atom stereocenters. The summed E-state index contributed by atoms with van der Waals surface area (Å²) in [6.45, 7) is 1.19. The van der Waals surface area contributed by atoms with Gasteiger partial charge in [0, 0.05) is 19.6 Å². The van der Waals surface area contributed by atoms with Crippen LogP contribution in [0.1, 0.15) is 18.4 Å². The van der Waals surface area contributed by atoms with Crippen molar-refractivity contribution in [3.05, 3.63) is 35.6 Å². The van der Waals surface area contributed by atoms with Crippen LogP contribution in [0.3, 0.4) is 0 Å². The molecule has 1 aromatic rings. The molecule has 1 amide bonds. The maximum absolute atomic E-state index is 12.8. The van der Waals surface area contributed by atoms with E-state index >= 15 is 0 Å². The molecule has 2 rings (SSSR count). The minimum Gasteiger partial charge on any atom is -0.355 e. The summed E-state index contributed by atoms with van der Waals surface area (Å²) in [7, 11) is -3.24. The number of amides is 1. The maximum atomic E-state index is 12.8. The van der Waals surface area contributed by atoms with Gasteiger partial charge in [0.25, 0.3) is 0 Å². The minimum atomic E-state index is -3.24. The third kappa shape index (κ3) is 4.78. The molecule has 1 aliphatic heterocycles. The summed E-state index contributed by atoms with van der Waals surface area (Å²) in [4.78, 5) is 12.1. The molecule has 1 aliphatic rings. The number of halogens is 1. The van der Waals surface area contributed by atoms with Gasteiger partial charge in [-0.25, -0.2) is 17.1 Å². The Kier molecular flexibility index (Phi) is 5.52. The largest absolute Gasteiger partial charge is 0.355 e. The first kappa shape index (κ1) is 16.9. The fraction of sp³-hybridized carbons (Fsp3) is 0.533. The molecule has 1 fully saturated rings. The number of sulfonamides is 1. The van der Waals surface area contributed by atoms with Gasteiger partial charge in [0.15, 0.2) is 0 Å². The Bertz CT molecular complexity index is 616. The highest BCUT2D eigenvalue weighted by Gasteiger charge is 2.29. The van der Waals surface area contributed by atoms with Crippen molar-refractivity contribution < 1.29 is 17.6 Å². The molecule has 1 aromatic carbocycles. The maximum Gasteiger partial charge on any atom is 0.224 e. The zero-order chi connectivity index (χ0) is 16.2. The summed E-state index contributed by atoms with van der Waals surface area (Å²) in [5.74, 6) is -0.692. The molecule has 0 aliphatic carbocycles. The Morgan fingerprint density at radius 1 is 1.36 bits per heavy atom. The van der Waals surface area contributed by atoms with Crippen LogP contribution < -0.4 is 5.32 Å². The van der Waals surface area contributed by atoms with Gasteiger partial charge in [-0.3, -0.25) is 4.79 Å². The van der Waals surface area contributed by atoms with Gasteiger partial charge in [0.1, 0.15) is 5.82 Å². The van der Waals surface area contributed by atoms with Gasteiger partial charge in [-0.2, -0.15) is 0 Å². The third-order valence-corrected chi connectivity index (χ3v) is 5.12.